The fourth-order valence-electron chi connectivity index (χ4n) is 2.28. The number of primary amides is 1. The summed E-state index contributed by atoms with van der Waals surface area (Å²) in [5.74, 6) is -0.956. The van der Waals surface area contributed by atoms with Crippen molar-refractivity contribution in [2.75, 3.05) is 13.6 Å². The summed E-state index contributed by atoms with van der Waals surface area (Å²) >= 11 is 0. The number of nitrogens with zero attached hydrogens (tertiary/aromatic N) is 1. The minimum Gasteiger partial charge on any atom is -0.508 e. The number of aliphatic imine (C=N–C) groups is 1. The first-order valence-corrected chi connectivity index (χ1v) is 8.50. The van der Waals surface area contributed by atoms with Crippen molar-refractivity contribution in [2.24, 2.45) is 22.2 Å². The first-order valence-electron chi connectivity index (χ1n) is 8.50. The fourth-order valence-corrected chi connectivity index (χ4v) is 2.28. The highest BCUT2D eigenvalue weighted by Crippen LogP contribution is 2.11. The number of benzene rings is 1. The Balaban J connectivity index is 0.00000326. The summed E-state index contributed by atoms with van der Waals surface area (Å²) in [6.07, 6.45) is 2.56. The van der Waals surface area contributed by atoms with Gasteiger partial charge in [-0.3, -0.25) is 14.6 Å². The van der Waals surface area contributed by atoms with Gasteiger partial charge in [-0.15, -0.1) is 0 Å². The van der Waals surface area contributed by atoms with E-state index in [1.54, 1.807) is 12.1 Å². The van der Waals surface area contributed by atoms with Gasteiger partial charge in [-0.25, -0.2) is 5.48 Å². The van der Waals surface area contributed by atoms with E-state index < -0.39 is 23.9 Å². The second-order valence-electron chi connectivity index (χ2n) is 5.62. The number of aromatic hydroxyl groups is 1. The van der Waals surface area contributed by atoms with Crippen molar-refractivity contribution in [2.45, 2.75) is 37.8 Å². The molecule has 0 saturated carbocycles. The molecule has 0 bridgehead atoms. The molecule has 152 valence electrons. The van der Waals surface area contributed by atoms with Crippen LogP contribution < -0.4 is 28.0 Å². The third kappa shape index (κ3) is 10.8. The maximum absolute atomic E-state index is 12.1. The zero-order valence-corrected chi connectivity index (χ0v) is 15.5. The van der Waals surface area contributed by atoms with Crippen LogP contribution in [-0.4, -0.2) is 54.1 Å². The number of hydrogen-bond acceptors (Lipinski definition) is 7. The average Bonchev–Trinajstić information content (AvgIpc) is 2.66. The molecule has 0 aliphatic heterocycles. The second-order valence-corrected chi connectivity index (χ2v) is 5.62. The lowest BCUT2D eigenvalue weighted by Crippen LogP contribution is -2.47. The number of nitrogens with one attached hydrogen (secondary N) is 2. The van der Waals surface area contributed by atoms with E-state index in [4.69, 9.17) is 16.7 Å². The van der Waals surface area contributed by atoms with Gasteiger partial charge in [0.2, 0.25) is 11.8 Å². The lowest BCUT2D eigenvalue weighted by atomic mass is 10.0. The van der Waals surface area contributed by atoms with Crippen molar-refractivity contribution in [1.29, 1.82) is 0 Å². The maximum Gasteiger partial charge on any atom is 0.240 e. The first kappa shape index (κ1) is 24.3. The molecule has 0 spiro atoms. The number of carbonyl (C=O) groups is 2. The van der Waals surface area contributed by atoms with Crippen molar-refractivity contribution in [3.63, 3.8) is 0 Å². The minimum absolute atomic E-state index is 0.0117. The fraction of sp³-hybridized carbons (Fsp3) is 0.471. The topological polar surface area (TPSA) is 189 Å². The van der Waals surface area contributed by atoms with Gasteiger partial charge >= 0.3 is 0 Å². The van der Waals surface area contributed by atoms with E-state index in [1.807, 2.05) is 0 Å². The SMILES string of the molecule is CN.NC=NCCCC(CC(=O)NC(Cc1ccc(O)cc1)C(N)=O)NO. The molecular formula is C17H30N6O4. The molecule has 10 nitrogen and oxygen atoms in total. The molecule has 2 unspecified atom stereocenters. The van der Waals surface area contributed by atoms with Crippen molar-refractivity contribution in [1.82, 2.24) is 10.8 Å². The number of hydroxylamine groups is 1. The zero-order valence-electron chi connectivity index (χ0n) is 15.5. The highest BCUT2D eigenvalue weighted by molar-refractivity contribution is 5.87. The van der Waals surface area contributed by atoms with E-state index in [1.165, 1.54) is 25.5 Å². The Labute approximate surface area is 158 Å². The van der Waals surface area contributed by atoms with E-state index in [9.17, 15) is 14.7 Å². The lowest BCUT2D eigenvalue weighted by Gasteiger charge is -2.18. The Morgan fingerprint density at radius 2 is 1.89 bits per heavy atom. The van der Waals surface area contributed by atoms with E-state index in [-0.39, 0.29) is 18.6 Å². The molecule has 0 radical (unpaired) electrons. The summed E-state index contributed by atoms with van der Waals surface area (Å²) in [5.41, 5.74) is 17.8. The van der Waals surface area contributed by atoms with E-state index in [0.29, 0.717) is 19.4 Å². The van der Waals surface area contributed by atoms with Gasteiger partial charge in [0.15, 0.2) is 0 Å². The molecular weight excluding hydrogens is 352 g/mol. The summed E-state index contributed by atoms with van der Waals surface area (Å²) < 4.78 is 0. The van der Waals surface area contributed by atoms with E-state index >= 15 is 0 Å². The van der Waals surface area contributed by atoms with Gasteiger partial charge < -0.3 is 32.8 Å². The number of carbonyl (C=O) groups excluding carboxylic acids is 2. The van der Waals surface area contributed by atoms with Crippen LogP contribution >= 0.6 is 0 Å². The van der Waals surface area contributed by atoms with Gasteiger partial charge in [0.1, 0.15) is 11.8 Å². The second kappa shape index (κ2) is 14.5. The number of rotatable bonds is 11. The third-order valence-corrected chi connectivity index (χ3v) is 3.61. The van der Waals surface area contributed by atoms with Gasteiger partial charge in [-0.2, -0.15) is 0 Å². The van der Waals surface area contributed by atoms with Gasteiger partial charge in [0, 0.05) is 25.4 Å². The van der Waals surface area contributed by atoms with Gasteiger partial charge in [-0.1, -0.05) is 12.1 Å². The van der Waals surface area contributed by atoms with Crippen LogP contribution in [0.1, 0.15) is 24.8 Å². The van der Waals surface area contributed by atoms with Gasteiger partial charge in [0.25, 0.3) is 0 Å². The maximum atomic E-state index is 12.1. The molecule has 2 amide bonds. The summed E-state index contributed by atoms with van der Waals surface area (Å²) in [6.45, 7) is 0.501. The van der Waals surface area contributed by atoms with Crippen molar-refractivity contribution in [3.8, 4) is 5.75 Å². The normalized spacial score (nSPS) is 12.7. The molecule has 0 aliphatic carbocycles. The number of hydrogen-bond donors (Lipinski definition) is 7. The molecule has 1 aromatic rings. The van der Waals surface area contributed by atoms with Crippen LogP contribution in [0.2, 0.25) is 0 Å². The zero-order chi connectivity index (χ0) is 20.7. The van der Waals surface area contributed by atoms with Gasteiger partial charge in [0.05, 0.1) is 6.34 Å². The van der Waals surface area contributed by atoms with E-state index in [0.717, 1.165) is 5.56 Å². The molecule has 0 aromatic heterocycles. The average molecular weight is 382 g/mol. The number of nitrogens with two attached hydrogens (primary N) is 3. The van der Waals surface area contributed by atoms with Crippen LogP contribution in [0.5, 0.6) is 5.75 Å². The summed E-state index contributed by atoms with van der Waals surface area (Å²) in [6, 6.07) is 4.93. The highest BCUT2D eigenvalue weighted by Gasteiger charge is 2.21. The highest BCUT2D eigenvalue weighted by atomic mass is 16.5. The first-order chi connectivity index (χ1) is 13.0. The van der Waals surface area contributed by atoms with E-state index in [2.05, 4.69) is 21.5 Å². The minimum atomic E-state index is -0.877. The lowest BCUT2D eigenvalue weighted by molar-refractivity contribution is -0.128. The third-order valence-electron chi connectivity index (χ3n) is 3.61. The van der Waals surface area contributed by atoms with Crippen molar-refractivity contribution in [3.05, 3.63) is 29.8 Å². The molecule has 10 heteroatoms. The summed E-state index contributed by atoms with van der Waals surface area (Å²) in [5, 5.41) is 21.0. The molecule has 10 N–H and O–H groups in total. The smallest absolute Gasteiger partial charge is 0.240 e. The van der Waals surface area contributed by atoms with Crippen molar-refractivity contribution >= 4 is 18.2 Å². The molecule has 1 aromatic carbocycles. The monoisotopic (exact) mass is 382 g/mol. The molecule has 0 heterocycles. The summed E-state index contributed by atoms with van der Waals surface area (Å²) in [4.78, 5) is 27.5. The predicted octanol–water partition coefficient (Wildman–Crippen LogP) is -1.02. The molecule has 1 rings (SSSR count). The molecule has 0 fully saturated rings. The van der Waals surface area contributed by atoms with Crippen LogP contribution in [-0.2, 0) is 16.0 Å². The number of phenolic OH excluding ortho intramolecular Hbond substituents is 1. The van der Waals surface area contributed by atoms with Crippen LogP contribution in [0.3, 0.4) is 0 Å². The Morgan fingerprint density at radius 3 is 2.41 bits per heavy atom. The number of amides is 2. The van der Waals surface area contributed by atoms with Crippen LogP contribution in [0.25, 0.3) is 0 Å². The van der Waals surface area contributed by atoms with Crippen LogP contribution in [0, 0.1) is 0 Å². The van der Waals surface area contributed by atoms with Crippen molar-refractivity contribution < 1.29 is 19.9 Å². The van der Waals surface area contributed by atoms with Gasteiger partial charge in [-0.05, 0) is 37.6 Å². The molecule has 27 heavy (non-hydrogen) atoms. The van der Waals surface area contributed by atoms with Crippen LogP contribution in [0.15, 0.2) is 29.3 Å². The molecule has 0 saturated heterocycles. The standard InChI is InChI=1S/C16H25N5O4.CH5N/c17-10-19-7-1-2-12(21-25)9-15(23)20-14(16(18)24)8-11-3-5-13(22)6-4-11;1-2/h3-6,10,12,14,21-22,25H,1-2,7-9H2,(H2,17,19)(H2,18,24)(H,20,23);2H2,1H3. The largest absolute Gasteiger partial charge is 0.508 e. The Hall–Kier alpha value is -2.69. The summed E-state index contributed by atoms with van der Waals surface area (Å²) in [7, 11) is 1.50. The number of phenols is 1. The Kier molecular flexibility index (Phi) is 13.0. The Morgan fingerprint density at radius 1 is 1.26 bits per heavy atom. The van der Waals surface area contributed by atoms with Crippen LogP contribution in [0.4, 0.5) is 0 Å². The Bertz CT molecular complexity index is 579. The predicted molar refractivity (Wildman–Crippen MR) is 103 cm³/mol. The molecule has 0 aliphatic rings. The quantitative estimate of drug-likeness (QED) is 0.110. The molecule has 2 atom stereocenters.